The summed E-state index contributed by atoms with van der Waals surface area (Å²) >= 11 is 1.37. The van der Waals surface area contributed by atoms with E-state index in [0.29, 0.717) is 23.2 Å². The molecule has 24 heavy (non-hydrogen) atoms. The number of nitrogens with zero attached hydrogens (tertiary/aromatic N) is 3. The molecule has 2 aromatic heterocycles. The van der Waals surface area contributed by atoms with Gasteiger partial charge < -0.3 is 4.74 Å². The number of carbonyl (C=O) groups excluding carboxylic acids is 1. The summed E-state index contributed by atoms with van der Waals surface area (Å²) in [6.45, 7) is 2.39. The van der Waals surface area contributed by atoms with Crippen LogP contribution < -0.4 is 10.1 Å². The summed E-state index contributed by atoms with van der Waals surface area (Å²) < 4.78 is 5.64. The van der Waals surface area contributed by atoms with Gasteiger partial charge in [-0.1, -0.05) is 48.6 Å². The van der Waals surface area contributed by atoms with Crippen molar-refractivity contribution in [2.24, 2.45) is 0 Å². The second-order valence-corrected chi connectivity index (χ2v) is 6.03. The molecule has 0 saturated heterocycles. The van der Waals surface area contributed by atoms with Gasteiger partial charge in [-0.05, 0) is 18.1 Å². The highest BCUT2D eigenvalue weighted by Gasteiger charge is 2.11. The number of hydrogen-bond acceptors (Lipinski definition) is 6. The number of amides is 1. The SMILES string of the molecule is CCc1nnc(NC(=O)c2ccnc(OCc3ccccc3)c2)s1. The van der Waals surface area contributed by atoms with E-state index in [1.807, 2.05) is 37.3 Å². The summed E-state index contributed by atoms with van der Waals surface area (Å²) in [5.74, 6) is 0.138. The Morgan fingerprint density at radius 3 is 2.79 bits per heavy atom. The molecule has 122 valence electrons. The Morgan fingerprint density at radius 1 is 1.21 bits per heavy atom. The smallest absolute Gasteiger partial charge is 0.257 e. The number of carbonyl (C=O) groups is 1. The molecule has 0 bridgehead atoms. The average Bonchev–Trinajstić information content (AvgIpc) is 3.09. The molecule has 0 aliphatic carbocycles. The minimum absolute atomic E-state index is 0.263. The van der Waals surface area contributed by atoms with Crippen molar-refractivity contribution in [1.82, 2.24) is 15.2 Å². The van der Waals surface area contributed by atoms with E-state index < -0.39 is 0 Å². The zero-order chi connectivity index (χ0) is 16.8. The Labute approximate surface area is 143 Å². The molecule has 2 heterocycles. The number of aromatic nitrogens is 3. The molecule has 1 aromatic carbocycles. The highest BCUT2D eigenvalue weighted by molar-refractivity contribution is 7.15. The number of anilines is 1. The third-order valence-electron chi connectivity index (χ3n) is 3.22. The molecule has 1 amide bonds. The van der Waals surface area contributed by atoms with Crippen LogP contribution >= 0.6 is 11.3 Å². The summed E-state index contributed by atoms with van der Waals surface area (Å²) in [6, 6.07) is 13.0. The second kappa shape index (κ2) is 7.65. The monoisotopic (exact) mass is 340 g/mol. The maximum atomic E-state index is 12.3. The van der Waals surface area contributed by atoms with Gasteiger partial charge in [0.05, 0.1) is 0 Å². The van der Waals surface area contributed by atoms with E-state index in [1.54, 1.807) is 18.3 Å². The van der Waals surface area contributed by atoms with Crippen molar-refractivity contribution in [1.29, 1.82) is 0 Å². The molecule has 1 N–H and O–H groups in total. The quantitative estimate of drug-likeness (QED) is 0.745. The van der Waals surface area contributed by atoms with E-state index in [1.165, 1.54) is 11.3 Å². The van der Waals surface area contributed by atoms with Gasteiger partial charge in [0.15, 0.2) is 0 Å². The third-order valence-corrected chi connectivity index (χ3v) is 4.20. The first kappa shape index (κ1) is 16.1. The summed E-state index contributed by atoms with van der Waals surface area (Å²) in [5, 5.41) is 12.0. The lowest BCUT2D eigenvalue weighted by Crippen LogP contribution is -2.12. The standard InChI is InChI=1S/C17H16N4O2S/c1-2-15-20-21-17(24-15)19-16(22)13-8-9-18-14(10-13)23-11-12-6-4-3-5-7-12/h3-10H,2,11H2,1H3,(H,19,21,22). The van der Waals surface area contributed by atoms with Gasteiger partial charge in [-0.25, -0.2) is 4.98 Å². The third kappa shape index (κ3) is 4.14. The van der Waals surface area contributed by atoms with Crippen molar-refractivity contribution in [3.63, 3.8) is 0 Å². The number of benzene rings is 1. The largest absolute Gasteiger partial charge is 0.473 e. The van der Waals surface area contributed by atoms with Crippen LogP contribution in [-0.2, 0) is 13.0 Å². The minimum atomic E-state index is -0.263. The molecule has 0 saturated carbocycles. The average molecular weight is 340 g/mol. The lowest BCUT2D eigenvalue weighted by Gasteiger charge is -2.07. The molecule has 7 heteroatoms. The first-order valence-electron chi connectivity index (χ1n) is 7.51. The van der Waals surface area contributed by atoms with Gasteiger partial charge in [0.1, 0.15) is 11.6 Å². The Morgan fingerprint density at radius 2 is 2.04 bits per heavy atom. The molecule has 0 radical (unpaired) electrons. The summed E-state index contributed by atoms with van der Waals surface area (Å²) in [5.41, 5.74) is 1.50. The van der Waals surface area contributed by atoms with Gasteiger partial charge in [0.25, 0.3) is 5.91 Å². The van der Waals surface area contributed by atoms with Crippen LogP contribution in [0, 0.1) is 0 Å². The normalized spacial score (nSPS) is 10.4. The van der Waals surface area contributed by atoms with Gasteiger partial charge in [0, 0.05) is 17.8 Å². The number of hydrogen-bond donors (Lipinski definition) is 1. The highest BCUT2D eigenvalue weighted by Crippen LogP contribution is 2.18. The summed E-state index contributed by atoms with van der Waals surface area (Å²) in [6.07, 6.45) is 2.34. The van der Waals surface area contributed by atoms with Crippen molar-refractivity contribution in [3.05, 3.63) is 64.8 Å². The molecule has 0 aliphatic rings. The van der Waals surface area contributed by atoms with Crippen molar-refractivity contribution in [3.8, 4) is 5.88 Å². The summed E-state index contributed by atoms with van der Waals surface area (Å²) in [4.78, 5) is 16.4. The number of ether oxygens (including phenoxy) is 1. The maximum absolute atomic E-state index is 12.3. The minimum Gasteiger partial charge on any atom is -0.473 e. The predicted molar refractivity (Wildman–Crippen MR) is 92.3 cm³/mol. The fourth-order valence-electron chi connectivity index (χ4n) is 1.98. The lowest BCUT2D eigenvalue weighted by molar-refractivity contribution is 0.102. The number of nitrogens with one attached hydrogen (secondary N) is 1. The first-order valence-corrected chi connectivity index (χ1v) is 8.32. The van der Waals surface area contributed by atoms with Gasteiger partial charge in [-0.2, -0.15) is 0 Å². The molecule has 0 atom stereocenters. The van der Waals surface area contributed by atoms with E-state index in [2.05, 4.69) is 20.5 Å². The van der Waals surface area contributed by atoms with E-state index >= 15 is 0 Å². The molecule has 0 fully saturated rings. The van der Waals surface area contributed by atoms with Crippen LogP contribution in [0.5, 0.6) is 5.88 Å². The molecule has 0 unspecified atom stereocenters. The second-order valence-electron chi connectivity index (χ2n) is 4.97. The molecular formula is C17H16N4O2S. The Bertz CT molecular complexity index is 820. The zero-order valence-corrected chi connectivity index (χ0v) is 13.9. The van der Waals surface area contributed by atoms with Crippen LogP contribution in [-0.4, -0.2) is 21.1 Å². The molecule has 0 aliphatic heterocycles. The van der Waals surface area contributed by atoms with Crippen molar-refractivity contribution >= 4 is 22.4 Å². The molecular weight excluding hydrogens is 324 g/mol. The number of pyridine rings is 1. The van der Waals surface area contributed by atoms with Crippen LogP contribution in [0.4, 0.5) is 5.13 Å². The Kier molecular flexibility index (Phi) is 5.12. The van der Waals surface area contributed by atoms with Crippen molar-refractivity contribution in [2.75, 3.05) is 5.32 Å². The first-order chi connectivity index (χ1) is 11.7. The van der Waals surface area contributed by atoms with Gasteiger partial charge >= 0.3 is 0 Å². The van der Waals surface area contributed by atoms with Crippen molar-refractivity contribution < 1.29 is 9.53 Å². The predicted octanol–water partition coefficient (Wildman–Crippen LogP) is 3.33. The van der Waals surface area contributed by atoms with Crippen LogP contribution in [0.25, 0.3) is 0 Å². The van der Waals surface area contributed by atoms with Gasteiger partial charge in [-0.15, -0.1) is 10.2 Å². The molecule has 6 nitrogen and oxygen atoms in total. The van der Waals surface area contributed by atoms with Crippen LogP contribution in [0.3, 0.4) is 0 Å². The van der Waals surface area contributed by atoms with Gasteiger partial charge in [-0.3, -0.25) is 10.1 Å². The van der Waals surface area contributed by atoms with E-state index in [0.717, 1.165) is 17.0 Å². The number of rotatable bonds is 6. The zero-order valence-electron chi connectivity index (χ0n) is 13.1. The Hall–Kier alpha value is -2.80. The van der Waals surface area contributed by atoms with Crippen LogP contribution in [0.2, 0.25) is 0 Å². The topological polar surface area (TPSA) is 77.0 Å². The molecule has 3 rings (SSSR count). The summed E-state index contributed by atoms with van der Waals surface area (Å²) in [7, 11) is 0. The highest BCUT2D eigenvalue weighted by atomic mass is 32.1. The lowest BCUT2D eigenvalue weighted by atomic mass is 10.2. The Balaban J connectivity index is 1.64. The van der Waals surface area contributed by atoms with E-state index in [9.17, 15) is 4.79 Å². The van der Waals surface area contributed by atoms with E-state index in [-0.39, 0.29) is 5.91 Å². The number of aryl methyl sites for hydroxylation is 1. The van der Waals surface area contributed by atoms with E-state index in [4.69, 9.17) is 4.74 Å². The maximum Gasteiger partial charge on any atom is 0.257 e. The fraction of sp³-hybridized carbons (Fsp3) is 0.176. The van der Waals surface area contributed by atoms with Crippen LogP contribution in [0.1, 0.15) is 27.9 Å². The van der Waals surface area contributed by atoms with Crippen molar-refractivity contribution in [2.45, 2.75) is 20.0 Å². The molecule has 3 aromatic rings. The van der Waals surface area contributed by atoms with Gasteiger partial charge in [0.2, 0.25) is 11.0 Å². The van der Waals surface area contributed by atoms with Crippen LogP contribution in [0.15, 0.2) is 48.7 Å². The fourth-order valence-corrected chi connectivity index (χ4v) is 2.65. The molecule has 0 spiro atoms.